The maximum absolute atomic E-state index is 12.7. The van der Waals surface area contributed by atoms with E-state index in [2.05, 4.69) is 10.1 Å². The molecular weight excluding hydrogens is 350 g/mol. The molecule has 0 aliphatic rings. The molecule has 4 aromatic rings. The van der Waals surface area contributed by atoms with E-state index in [1.165, 1.54) is 26.8 Å². The number of amides is 1. The molecular formula is C18H15N5O2S. The van der Waals surface area contributed by atoms with Gasteiger partial charge in [-0.15, -0.1) is 11.3 Å². The topological polar surface area (TPSA) is 72.5 Å². The highest BCUT2D eigenvalue weighted by molar-refractivity contribution is 7.15. The number of aromatic nitrogens is 4. The first-order valence-electron chi connectivity index (χ1n) is 7.93. The molecule has 0 bridgehead atoms. The van der Waals surface area contributed by atoms with Crippen molar-refractivity contribution in [1.29, 1.82) is 0 Å². The predicted molar refractivity (Wildman–Crippen MR) is 98.7 cm³/mol. The number of carbonyl (C=O) groups is 1. The van der Waals surface area contributed by atoms with E-state index in [0.717, 1.165) is 11.3 Å². The summed E-state index contributed by atoms with van der Waals surface area (Å²) < 4.78 is 3.14. The van der Waals surface area contributed by atoms with Crippen molar-refractivity contribution in [3.63, 3.8) is 0 Å². The summed E-state index contributed by atoms with van der Waals surface area (Å²) in [6.07, 6.45) is 6.55. The van der Waals surface area contributed by atoms with Gasteiger partial charge in [-0.05, 0) is 12.1 Å². The number of thiazole rings is 1. The van der Waals surface area contributed by atoms with Crippen molar-refractivity contribution in [2.75, 3.05) is 7.05 Å². The zero-order valence-electron chi connectivity index (χ0n) is 13.9. The van der Waals surface area contributed by atoms with E-state index in [9.17, 15) is 9.59 Å². The summed E-state index contributed by atoms with van der Waals surface area (Å²) in [6, 6.07) is 9.72. The molecule has 0 atom stereocenters. The average molecular weight is 365 g/mol. The highest BCUT2D eigenvalue weighted by Gasteiger charge is 2.18. The number of fused-ring (bicyclic) bond motifs is 1. The van der Waals surface area contributed by atoms with Crippen LogP contribution in [0.1, 0.15) is 15.9 Å². The monoisotopic (exact) mass is 365 g/mol. The lowest BCUT2D eigenvalue weighted by Gasteiger charge is -2.15. The molecule has 8 heteroatoms. The van der Waals surface area contributed by atoms with Crippen LogP contribution < -0.4 is 5.56 Å². The molecule has 0 aliphatic carbocycles. The van der Waals surface area contributed by atoms with Crippen molar-refractivity contribution >= 4 is 22.2 Å². The highest BCUT2D eigenvalue weighted by atomic mass is 32.1. The zero-order chi connectivity index (χ0) is 18.1. The van der Waals surface area contributed by atoms with Crippen LogP contribution in [0.25, 0.3) is 10.6 Å². The number of rotatable bonds is 4. The summed E-state index contributed by atoms with van der Waals surface area (Å²) in [4.78, 5) is 31.3. The molecule has 0 unspecified atom stereocenters. The van der Waals surface area contributed by atoms with Gasteiger partial charge in [-0.25, -0.2) is 9.67 Å². The Morgan fingerprint density at radius 2 is 2.04 bits per heavy atom. The van der Waals surface area contributed by atoms with Crippen molar-refractivity contribution in [1.82, 2.24) is 24.1 Å². The standard InChI is InChI=1S/C18H15N5O2S/c1-21(11-13-9-20-23(12-13)14-5-3-2-4-6-14)16(24)15-10-19-18-22(17(15)25)7-8-26-18/h2-10,12H,11H2,1H3. The van der Waals surface area contributed by atoms with Gasteiger partial charge in [0.05, 0.1) is 11.9 Å². The average Bonchev–Trinajstić information content (AvgIpc) is 3.32. The third-order valence-corrected chi connectivity index (χ3v) is 4.77. The van der Waals surface area contributed by atoms with Crippen LogP contribution in [0.15, 0.2) is 65.3 Å². The lowest BCUT2D eigenvalue weighted by molar-refractivity contribution is 0.0782. The molecule has 3 heterocycles. The fraction of sp³-hybridized carbons (Fsp3) is 0.111. The zero-order valence-corrected chi connectivity index (χ0v) is 14.8. The van der Waals surface area contributed by atoms with E-state index in [1.54, 1.807) is 29.5 Å². The van der Waals surface area contributed by atoms with Gasteiger partial charge in [-0.1, -0.05) is 18.2 Å². The first kappa shape index (κ1) is 16.2. The summed E-state index contributed by atoms with van der Waals surface area (Å²) in [5, 5.41) is 6.09. The number of hydrogen-bond donors (Lipinski definition) is 0. The van der Waals surface area contributed by atoms with Crippen molar-refractivity contribution in [2.24, 2.45) is 0 Å². The molecule has 0 saturated carbocycles. The largest absolute Gasteiger partial charge is 0.337 e. The highest BCUT2D eigenvalue weighted by Crippen LogP contribution is 2.11. The van der Waals surface area contributed by atoms with E-state index in [-0.39, 0.29) is 17.0 Å². The first-order valence-corrected chi connectivity index (χ1v) is 8.81. The second-order valence-electron chi connectivity index (χ2n) is 5.82. The smallest absolute Gasteiger partial charge is 0.271 e. The molecule has 1 aromatic carbocycles. The molecule has 0 N–H and O–H groups in total. The van der Waals surface area contributed by atoms with Gasteiger partial charge in [0.15, 0.2) is 4.96 Å². The minimum absolute atomic E-state index is 0.0545. The van der Waals surface area contributed by atoms with Crippen LogP contribution in [0.3, 0.4) is 0 Å². The van der Waals surface area contributed by atoms with Crippen molar-refractivity contribution in [3.05, 3.63) is 82.0 Å². The Kier molecular flexibility index (Phi) is 4.10. The third-order valence-electron chi connectivity index (χ3n) is 4.00. The van der Waals surface area contributed by atoms with Gasteiger partial charge >= 0.3 is 0 Å². The second-order valence-corrected chi connectivity index (χ2v) is 6.70. The van der Waals surface area contributed by atoms with Crippen LogP contribution in [-0.4, -0.2) is 37.0 Å². The maximum Gasteiger partial charge on any atom is 0.271 e. The molecule has 4 rings (SSSR count). The number of benzene rings is 1. The molecule has 0 fully saturated rings. The van der Waals surface area contributed by atoms with Crippen LogP contribution in [-0.2, 0) is 6.54 Å². The van der Waals surface area contributed by atoms with Gasteiger partial charge in [0.25, 0.3) is 11.5 Å². The Labute approximate surface area is 152 Å². The van der Waals surface area contributed by atoms with Crippen LogP contribution >= 0.6 is 11.3 Å². The van der Waals surface area contributed by atoms with Crippen molar-refractivity contribution in [2.45, 2.75) is 6.54 Å². The summed E-state index contributed by atoms with van der Waals surface area (Å²) in [5.74, 6) is -0.365. The van der Waals surface area contributed by atoms with Crippen LogP contribution in [0, 0.1) is 0 Å². The fourth-order valence-electron chi connectivity index (χ4n) is 2.69. The van der Waals surface area contributed by atoms with Gasteiger partial charge in [0, 0.05) is 43.1 Å². The Hall–Kier alpha value is -3.26. The Morgan fingerprint density at radius 1 is 1.23 bits per heavy atom. The molecule has 0 radical (unpaired) electrons. The predicted octanol–water partition coefficient (Wildman–Crippen LogP) is 2.21. The van der Waals surface area contributed by atoms with E-state index in [0.29, 0.717) is 11.5 Å². The Morgan fingerprint density at radius 3 is 2.85 bits per heavy atom. The van der Waals surface area contributed by atoms with Crippen LogP contribution in [0.5, 0.6) is 0 Å². The van der Waals surface area contributed by atoms with Gasteiger partial charge in [0.1, 0.15) is 5.56 Å². The van der Waals surface area contributed by atoms with Crippen LogP contribution in [0.2, 0.25) is 0 Å². The van der Waals surface area contributed by atoms with Crippen molar-refractivity contribution in [3.8, 4) is 5.69 Å². The Balaban J connectivity index is 1.55. The lowest BCUT2D eigenvalue weighted by atomic mass is 10.2. The second kappa shape index (κ2) is 6.57. The molecule has 1 amide bonds. The normalized spacial score (nSPS) is 11.0. The molecule has 0 spiro atoms. The van der Waals surface area contributed by atoms with Crippen molar-refractivity contribution < 1.29 is 4.79 Å². The summed E-state index contributed by atoms with van der Waals surface area (Å²) in [6.45, 7) is 0.345. The lowest BCUT2D eigenvalue weighted by Crippen LogP contribution is -2.32. The maximum atomic E-state index is 12.7. The van der Waals surface area contributed by atoms with E-state index in [4.69, 9.17) is 0 Å². The van der Waals surface area contributed by atoms with Gasteiger partial charge in [0.2, 0.25) is 0 Å². The molecule has 130 valence electrons. The molecule has 26 heavy (non-hydrogen) atoms. The molecule has 0 saturated heterocycles. The fourth-order valence-corrected chi connectivity index (χ4v) is 3.36. The minimum atomic E-state index is -0.365. The SMILES string of the molecule is CN(Cc1cnn(-c2ccccc2)c1)C(=O)c1cnc2sccn2c1=O. The number of hydrogen-bond acceptors (Lipinski definition) is 5. The minimum Gasteiger partial charge on any atom is -0.337 e. The number of nitrogens with zero attached hydrogens (tertiary/aromatic N) is 5. The van der Waals surface area contributed by atoms with Gasteiger partial charge < -0.3 is 4.90 Å². The van der Waals surface area contributed by atoms with Gasteiger partial charge in [-0.2, -0.15) is 5.10 Å². The molecule has 7 nitrogen and oxygen atoms in total. The summed E-state index contributed by atoms with van der Waals surface area (Å²) in [5.41, 5.74) is 1.51. The van der Waals surface area contributed by atoms with Gasteiger partial charge in [-0.3, -0.25) is 14.0 Å². The van der Waals surface area contributed by atoms with E-state index in [1.807, 2.05) is 36.5 Å². The van der Waals surface area contributed by atoms with E-state index >= 15 is 0 Å². The number of para-hydroxylation sites is 1. The van der Waals surface area contributed by atoms with E-state index < -0.39 is 0 Å². The Bertz CT molecular complexity index is 1130. The summed E-state index contributed by atoms with van der Waals surface area (Å²) >= 11 is 1.35. The van der Waals surface area contributed by atoms with Crippen LogP contribution in [0.4, 0.5) is 0 Å². The first-order chi connectivity index (χ1) is 12.6. The quantitative estimate of drug-likeness (QED) is 0.556. The third kappa shape index (κ3) is 2.91. The summed E-state index contributed by atoms with van der Waals surface area (Å²) in [7, 11) is 1.66. The molecule has 0 aliphatic heterocycles. The molecule has 3 aromatic heterocycles. The number of carbonyl (C=O) groups excluding carboxylic acids is 1.